The number of phenolic OH excluding ortho intramolecular Hbond substituents is 1. The zero-order valence-corrected chi connectivity index (χ0v) is 18.6. The average Bonchev–Trinajstić information content (AvgIpc) is 3.37. The summed E-state index contributed by atoms with van der Waals surface area (Å²) in [5, 5.41) is 34.2. The van der Waals surface area contributed by atoms with Gasteiger partial charge in [-0.2, -0.15) is 0 Å². The minimum absolute atomic E-state index is 0.0200. The molecule has 2 saturated heterocycles. The molecule has 0 amide bonds. The molecule has 2 aliphatic carbocycles. The lowest BCUT2D eigenvalue weighted by atomic mass is 9.51. The van der Waals surface area contributed by atoms with Crippen LogP contribution in [-0.4, -0.2) is 75.1 Å². The molecule has 0 spiro atoms. The third-order valence-electron chi connectivity index (χ3n) is 8.95. The smallest absolute Gasteiger partial charge is 0.115 e. The van der Waals surface area contributed by atoms with E-state index in [4.69, 9.17) is 0 Å². The van der Waals surface area contributed by atoms with Crippen molar-refractivity contribution >= 4 is 0 Å². The molecule has 5 nitrogen and oxygen atoms in total. The minimum Gasteiger partial charge on any atom is -0.508 e. The van der Waals surface area contributed by atoms with Crippen LogP contribution in [0.25, 0.3) is 0 Å². The summed E-state index contributed by atoms with van der Waals surface area (Å²) in [7, 11) is 0. The van der Waals surface area contributed by atoms with Gasteiger partial charge in [-0.05, 0) is 108 Å². The molecule has 2 aliphatic heterocycles. The first-order valence-corrected chi connectivity index (χ1v) is 12.0. The number of nitrogens with zero attached hydrogens (tertiary/aromatic N) is 2. The van der Waals surface area contributed by atoms with Gasteiger partial charge in [0.1, 0.15) is 5.75 Å². The first-order valence-electron chi connectivity index (χ1n) is 12.0. The molecule has 1 aromatic rings. The fourth-order valence-electron chi connectivity index (χ4n) is 6.97. The normalized spacial score (nSPS) is 40.5. The predicted molar refractivity (Wildman–Crippen MR) is 118 cm³/mol. The Balaban J connectivity index is 1.57. The Kier molecular flexibility index (Phi) is 5.17. The molecule has 1 aromatic carbocycles. The summed E-state index contributed by atoms with van der Waals surface area (Å²) in [4.78, 5) is 4.92. The molecule has 30 heavy (non-hydrogen) atoms. The summed E-state index contributed by atoms with van der Waals surface area (Å²) in [5.41, 5.74) is 0.679. The van der Waals surface area contributed by atoms with Gasteiger partial charge in [-0.3, -0.25) is 9.80 Å². The van der Waals surface area contributed by atoms with Crippen molar-refractivity contribution in [3.63, 3.8) is 0 Å². The zero-order chi connectivity index (χ0) is 21.1. The first-order chi connectivity index (χ1) is 14.3. The van der Waals surface area contributed by atoms with Gasteiger partial charge in [-0.1, -0.05) is 6.07 Å². The van der Waals surface area contributed by atoms with Crippen LogP contribution in [0, 0.1) is 12.8 Å². The Bertz CT molecular complexity index is 791. The maximum atomic E-state index is 12.6. The summed E-state index contributed by atoms with van der Waals surface area (Å²) >= 11 is 0. The second kappa shape index (κ2) is 7.47. The van der Waals surface area contributed by atoms with Crippen molar-refractivity contribution in [1.82, 2.24) is 9.80 Å². The van der Waals surface area contributed by atoms with Gasteiger partial charge in [0.2, 0.25) is 0 Å². The van der Waals surface area contributed by atoms with Gasteiger partial charge >= 0.3 is 0 Å². The number of aromatic hydroxyl groups is 1. The molecule has 166 valence electrons. The van der Waals surface area contributed by atoms with Crippen molar-refractivity contribution in [2.75, 3.05) is 26.2 Å². The number of hydrogen-bond acceptors (Lipinski definition) is 5. The Labute approximate surface area is 180 Å². The van der Waals surface area contributed by atoms with Crippen molar-refractivity contribution in [1.29, 1.82) is 0 Å². The highest BCUT2D eigenvalue weighted by molar-refractivity contribution is 5.44. The molecule has 5 heteroatoms. The molecular weight excluding hydrogens is 376 g/mol. The summed E-state index contributed by atoms with van der Waals surface area (Å²) < 4.78 is 0. The number of rotatable bonds is 4. The van der Waals surface area contributed by atoms with E-state index in [0.29, 0.717) is 12.8 Å². The van der Waals surface area contributed by atoms with Crippen LogP contribution < -0.4 is 0 Å². The van der Waals surface area contributed by atoms with E-state index in [9.17, 15) is 15.3 Å². The van der Waals surface area contributed by atoms with Crippen LogP contribution >= 0.6 is 0 Å². The minimum atomic E-state index is -0.925. The highest BCUT2D eigenvalue weighted by Crippen LogP contribution is 2.56. The lowest BCUT2D eigenvalue weighted by molar-refractivity contribution is -0.190. The van der Waals surface area contributed by atoms with E-state index >= 15 is 0 Å². The predicted octanol–water partition coefficient (Wildman–Crippen LogP) is 2.79. The van der Waals surface area contributed by atoms with E-state index in [0.717, 1.165) is 49.6 Å². The monoisotopic (exact) mass is 414 g/mol. The molecule has 0 radical (unpaired) electrons. The molecule has 4 unspecified atom stereocenters. The summed E-state index contributed by atoms with van der Waals surface area (Å²) in [5.74, 6) is 1.03. The molecule has 0 aromatic heterocycles. The average molecular weight is 415 g/mol. The second-order valence-electron chi connectivity index (χ2n) is 10.7. The van der Waals surface area contributed by atoms with Gasteiger partial charge in [-0.15, -0.1) is 0 Å². The van der Waals surface area contributed by atoms with Gasteiger partial charge in [0.25, 0.3) is 0 Å². The SMILES string of the molecule is Cc1ccc(O)cc1[C@]12CCN(CC3CC3)C(C)C1(O)CC(N1CCCC1)C(O)C2. The largest absolute Gasteiger partial charge is 0.508 e. The summed E-state index contributed by atoms with van der Waals surface area (Å²) in [6.07, 6.45) is 6.54. The number of aliphatic hydroxyl groups excluding tert-OH is 1. The maximum Gasteiger partial charge on any atom is 0.115 e. The van der Waals surface area contributed by atoms with E-state index in [1.165, 1.54) is 25.7 Å². The maximum absolute atomic E-state index is 12.6. The molecule has 4 fully saturated rings. The summed E-state index contributed by atoms with van der Waals surface area (Å²) in [6.45, 7) is 8.34. The van der Waals surface area contributed by atoms with E-state index < -0.39 is 17.1 Å². The van der Waals surface area contributed by atoms with E-state index in [1.807, 2.05) is 12.1 Å². The van der Waals surface area contributed by atoms with E-state index in [-0.39, 0.29) is 17.8 Å². The van der Waals surface area contributed by atoms with Crippen molar-refractivity contribution in [3.8, 4) is 5.75 Å². The quantitative estimate of drug-likeness (QED) is 0.707. The molecule has 4 aliphatic rings. The molecule has 3 N–H and O–H groups in total. The molecule has 5 rings (SSSR count). The lowest BCUT2D eigenvalue weighted by Gasteiger charge is -2.63. The van der Waals surface area contributed by atoms with Crippen LogP contribution in [0.5, 0.6) is 5.75 Å². The highest BCUT2D eigenvalue weighted by Gasteiger charge is 2.63. The summed E-state index contributed by atoms with van der Waals surface area (Å²) in [6, 6.07) is 5.59. The molecule has 2 heterocycles. The third kappa shape index (κ3) is 3.21. The standard InChI is InChI=1S/C25H38N2O3/c1-17-5-8-20(28)13-21(17)24-9-12-27(16-19-6-7-19)18(2)25(24,30)14-22(23(29)15-24)26-10-3-4-11-26/h5,8,13,18-19,22-23,28-30H,3-4,6-7,9-12,14-16H2,1-2H3/t18?,22?,23?,24-,25?/m1/s1. The molecule has 2 saturated carbocycles. The number of likely N-dealkylation sites (tertiary alicyclic amines) is 2. The molecule has 5 atom stereocenters. The first kappa shape index (κ1) is 20.7. The number of hydrogen-bond donors (Lipinski definition) is 3. The fraction of sp³-hybridized carbons (Fsp3) is 0.760. The Morgan fingerprint density at radius 2 is 1.83 bits per heavy atom. The van der Waals surface area contributed by atoms with E-state index in [2.05, 4.69) is 23.6 Å². The van der Waals surface area contributed by atoms with Crippen LogP contribution in [-0.2, 0) is 5.41 Å². The topological polar surface area (TPSA) is 67.2 Å². The second-order valence-corrected chi connectivity index (χ2v) is 10.7. The number of aryl methyl sites for hydroxylation is 1. The number of aliphatic hydroxyl groups is 2. The Morgan fingerprint density at radius 1 is 1.10 bits per heavy atom. The van der Waals surface area contributed by atoms with Crippen molar-refractivity contribution < 1.29 is 15.3 Å². The fourth-order valence-corrected chi connectivity index (χ4v) is 6.97. The third-order valence-corrected chi connectivity index (χ3v) is 8.95. The number of fused-ring (bicyclic) bond motifs is 1. The van der Waals surface area contributed by atoms with Gasteiger partial charge in [0.15, 0.2) is 0 Å². The van der Waals surface area contributed by atoms with Gasteiger partial charge in [-0.25, -0.2) is 0 Å². The van der Waals surface area contributed by atoms with Crippen molar-refractivity contribution in [2.24, 2.45) is 5.92 Å². The van der Waals surface area contributed by atoms with Crippen molar-refractivity contribution in [2.45, 2.75) is 88.0 Å². The zero-order valence-electron chi connectivity index (χ0n) is 18.6. The number of piperidine rings is 1. The van der Waals surface area contributed by atoms with E-state index in [1.54, 1.807) is 6.07 Å². The molecular formula is C25H38N2O3. The number of phenols is 1. The van der Waals surface area contributed by atoms with Gasteiger partial charge < -0.3 is 15.3 Å². The van der Waals surface area contributed by atoms with Crippen LogP contribution in [0.15, 0.2) is 18.2 Å². The lowest BCUT2D eigenvalue weighted by Crippen LogP contribution is -2.73. The van der Waals surface area contributed by atoms with Crippen molar-refractivity contribution in [3.05, 3.63) is 29.3 Å². The highest BCUT2D eigenvalue weighted by atomic mass is 16.3. The Morgan fingerprint density at radius 3 is 2.53 bits per heavy atom. The van der Waals surface area contributed by atoms with Crippen LogP contribution in [0.3, 0.4) is 0 Å². The number of benzene rings is 1. The molecule has 0 bridgehead atoms. The van der Waals surface area contributed by atoms with Crippen LogP contribution in [0.2, 0.25) is 0 Å². The Hall–Kier alpha value is -1.14. The van der Waals surface area contributed by atoms with Gasteiger partial charge in [0.05, 0.1) is 11.7 Å². The van der Waals surface area contributed by atoms with Crippen LogP contribution in [0.4, 0.5) is 0 Å². The van der Waals surface area contributed by atoms with Gasteiger partial charge in [0, 0.05) is 24.0 Å². The van der Waals surface area contributed by atoms with Crippen LogP contribution in [0.1, 0.15) is 63.0 Å².